The summed E-state index contributed by atoms with van der Waals surface area (Å²) in [6, 6.07) is 12.2. The zero-order valence-electron chi connectivity index (χ0n) is 10.1. The maximum absolute atomic E-state index is 12.0. The van der Waals surface area contributed by atoms with Crippen LogP contribution in [0.2, 0.25) is 0 Å². The fraction of sp³-hybridized carbons (Fsp3) is 0.0714. The van der Waals surface area contributed by atoms with Gasteiger partial charge in [-0.05, 0) is 42.8 Å². The van der Waals surface area contributed by atoms with Gasteiger partial charge < -0.3 is 5.32 Å². The Balaban J connectivity index is 2.21. The third-order valence-electron chi connectivity index (χ3n) is 2.51. The highest BCUT2D eigenvalue weighted by atomic mass is 79.9. The third kappa shape index (κ3) is 3.18. The molecule has 94 valence electrons. The van der Waals surface area contributed by atoms with Gasteiger partial charge >= 0.3 is 0 Å². The number of hydrogen-bond acceptors (Lipinski definition) is 3. The average Bonchev–Trinajstić information content (AvgIpc) is 2.43. The lowest BCUT2D eigenvalue weighted by atomic mass is 10.2. The normalized spacial score (nSPS) is 9.74. The lowest BCUT2D eigenvalue weighted by Gasteiger charge is -2.06. The number of nitrogens with one attached hydrogen (secondary N) is 1. The van der Waals surface area contributed by atoms with E-state index >= 15 is 0 Å². The average molecular weight is 316 g/mol. The van der Waals surface area contributed by atoms with Gasteiger partial charge in [0, 0.05) is 10.2 Å². The fourth-order valence-corrected chi connectivity index (χ4v) is 1.79. The lowest BCUT2D eigenvalue weighted by Crippen LogP contribution is -2.14. The summed E-state index contributed by atoms with van der Waals surface area (Å²) in [5.41, 5.74) is 2.16. The fourth-order valence-electron chi connectivity index (χ4n) is 1.54. The van der Waals surface area contributed by atoms with Crippen molar-refractivity contribution in [1.82, 2.24) is 4.98 Å². The first-order valence-corrected chi connectivity index (χ1v) is 6.34. The Morgan fingerprint density at radius 2 is 2.16 bits per heavy atom. The van der Waals surface area contributed by atoms with Crippen LogP contribution in [0.5, 0.6) is 0 Å². The van der Waals surface area contributed by atoms with Gasteiger partial charge in [0.2, 0.25) is 0 Å². The van der Waals surface area contributed by atoms with E-state index in [4.69, 9.17) is 5.26 Å². The predicted octanol–water partition coefficient (Wildman–Crippen LogP) is 3.28. The second-order valence-electron chi connectivity index (χ2n) is 3.94. The summed E-state index contributed by atoms with van der Waals surface area (Å²) in [4.78, 5) is 15.9. The van der Waals surface area contributed by atoms with Gasteiger partial charge in [0.15, 0.2) is 0 Å². The summed E-state index contributed by atoms with van der Waals surface area (Å²) in [5, 5.41) is 11.5. The highest BCUT2D eigenvalue weighted by molar-refractivity contribution is 9.10. The highest BCUT2D eigenvalue weighted by Gasteiger charge is 2.08. The van der Waals surface area contributed by atoms with Crippen molar-refractivity contribution in [2.75, 3.05) is 5.32 Å². The summed E-state index contributed by atoms with van der Waals surface area (Å²) in [6.07, 6.45) is 0. The Hall–Kier alpha value is -2.19. The Bertz CT molecular complexity index is 677. The molecule has 0 atom stereocenters. The number of benzene rings is 1. The molecule has 0 aliphatic carbocycles. The molecule has 2 aromatic rings. The number of pyridine rings is 1. The number of carbonyl (C=O) groups is 1. The molecule has 1 N–H and O–H groups in total. The molecule has 0 saturated heterocycles. The molecule has 0 bridgehead atoms. The molecule has 1 aromatic carbocycles. The number of aryl methyl sites for hydroxylation is 1. The van der Waals surface area contributed by atoms with E-state index in [1.54, 1.807) is 24.3 Å². The molecule has 0 fully saturated rings. The van der Waals surface area contributed by atoms with E-state index in [2.05, 4.69) is 26.2 Å². The number of amides is 1. The molecule has 1 aromatic heterocycles. The van der Waals surface area contributed by atoms with Gasteiger partial charge in [-0.25, -0.2) is 4.98 Å². The van der Waals surface area contributed by atoms with E-state index in [-0.39, 0.29) is 17.3 Å². The molecule has 1 amide bonds. The van der Waals surface area contributed by atoms with Crippen LogP contribution >= 0.6 is 15.9 Å². The summed E-state index contributed by atoms with van der Waals surface area (Å²) in [6.45, 7) is 1.94. The minimum absolute atomic E-state index is 0.222. The number of hydrogen-bond donors (Lipinski definition) is 1. The number of rotatable bonds is 2. The molecule has 0 spiro atoms. The molecule has 0 saturated carbocycles. The van der Waals surface area contributed by atoms with Crippen molar-refractivity contribution in [3.05, 3.63) is 57.8 Å². The minimum atomic E-state index is -0.334. The second-order valence-corrected chi connectivity index (χ2v) is 4.79. The van der Waals surface area contributed by atoms with Crippen molar-refractivity contribution >= 4 is 27.5 Å². The van der Waals surface area contributed by atoms with Crippen molar-refractivity contribution in [2.45, 2.75) is 6.92 Å². The summed E-state index contributed by atoms with van der Waals surface area (Å²) >= 11 is 3.40. The maximum Gasteiger partial charge on any atom is 0.274 e. The maximum atomic E-state index is 12.0. The molecule has 0 aliphatic heterocycles. The van der Waals surface area contributed by atoms with Crippen molar-refractivity contribution in [3.8, 4) is 6.07 Å². The van der Waals surface area contributed by atoms with Crippen molar-refractivity contribution in [1.29, 1.82) is 5.26 Å². The Morgan fingerprint density at radius 1 is 1.37 bits per heavy atom. The largest absolute Gasteiger partial charge is 0.321 e. The first-order chi connectivity index (χ1) is 9.10. The number of anilines is 1. The standard InChI is InChI=1S/C14H10BrN3O/c1-9-7-10(5-6-12(9)15)18-14(19)13-4-2-3-11(8-16)17-13/h2-7H,1H3,(H,18,19). The smallest absolute Gasteiger partial charge is 0.274 e. The van der Waals surface area contributed by atoms with Gasteiger partial charge in [-0.15, -0.1) is 0 Å². The van der Waals surface area contributed by atoms with E-state index in [1.807, 2.05) is 25.1 Å². The van der Waals surface area contributed by atoms with Gasteiger partial charge in [0.25, 0.3) is 5.91 Å². The molecular weight excluding hydrogens is 306 g/mol. The number of nitrogens with zero attached hydrogens (tertiary/aromatic N) is 2. The van der Waals surface area contributed by atoms with Gasteiger partial charge in [-0.2, -0.15) is 5.26 Å². The zero-order chi connectivity index (χ0) is 13.8. The topological polar surface area (TPSA) is 65.8 Å². The summed E-state index contributed by atoms with van der Waals surface area (Å²) in [7, 11) is 0. The molecule has 19 heavy (non-hydrogen) atoms. The Kier molecular flexibility index (Phi) is 3.93. The van der Waals surface area contributed by atoms with Crippen LogP contribution in [0.25, 0.3) is 0 Å². The molecule has 0 unspecified atom stereocenters. The van der Waals surface area contributed by atoms with E-state index in [1.165, 1.54) is 0 Å². The lowest BCUT2D eigenvalue weighted by molar-refractivity contribution is 0.102. The van der Waals surface area contributed by atoms with Gasteiger partial charge in [-0.1, -0.05) is 22.0 Å². The van der Waals surface area contributed by atoms with Crippen molar-refractivity contribution in [2.24, 2.45) is 0 Å². The second kappa shape index (κ2) is 5.63. The summed E-state index contributed by atoms with van der Waals surface area (Å²) in [5.74, 6) is -0.334. The molecular formula is C14H10BrN3O. The van der Waals surface area contributed by atoms with E-state index in [0.717, 1.165) is 10.0 Å². The Morgan fingerprint density at radius 3 is 2.84 bits per heavy atom. The van der Waals surface area contributed by atoms with E-state index < -0.39 is 0 Å². The quantitative estimate of drug-likeness (QED) is 0.924. The van der Waals surface area contributed by atoms with Crippen LogP contribution in [0.3, 0.4) is 0 Å². The highest BCUT2D eigenvalue weighted by Crippen LogP contribution is 2.20. The number of aromatic nitrogens is 1. The van der Waals surface area contributed by atoms with Gasteiger partial charge in [0.05, 0.1) is 0 Å². The molecule has 1 heterocycles. The monoisotopic (exact) mass is 315 g/mol. The molecule has 4 nitrogen and oxygen atoms in total. The van der Waals surface area contributed by atoms with Crippen LogP contribution in [0.4, 0.5) is 5.69 Å². The molecule has 5 heteroatoms. The summed E-state index contributed by atoms with van der Waals surface area (Å²) < 4.78 is 0.982. The van der Waals surface area contributed by atoms with Crippen molar-refractivity contribution in [3.63, 3.8) is 0 Å². The van der Waals surface area contributed by atoms with Crippen molar-refractivity contribution < 1.29 is 4.79 Å². The number of nitriles is 1. The minimum Gasteiger partial charge on any atom is -0.321 e. The Labute approximate surface area is 119 Å². The first kappa shape index (κ1) is 13.2. The van der Waals surface area contributed by atoms with Crippen LogP contribution in [-0.2, 0) is 0 Å². The number of halogens is 1. The molecule has 2 rings (SSSR count). The molecule has 0 aliphatic rings. The number of carbonyl (C=O) groups excluding carboxylic acids is 1. The van der Waals surface area contributed by atoms with Crippen LogP contribution in [0.1, 0.15) is 21.7 Å². The van der Waals surface area contributed by atoms with Gasteiger partial charge in [0.1, 0.15) is 17.5 Å². The SMILES string of the molecule is Cc1cc(NC(=O)c2cccc(C#N)n2)ccc1Br. The molecule has 0 radical (unpaired) electrons. The predicted molar refractivity (Wildman–Crippen MR) is 75.8 cm³/mol. The van der Waals surface area contributed by atoms with Gasteiger partial charge in [-0.3, -0.25) is 4.79 Å². The third-order valence-corrected chi connectivity index (χ3v) is 3.40. The van der Waals surface area contributed by atoms with Crippen LogP contribution in [0, 0.1) is 18.3 Å². The first-order valence-electron chi connectivity index (χ1n) is 5.55. The zero-order valence-corrected chi connectivity index (χ0v) is 11.7. The van der Waals surface area contributed by atoms with Crippen LogP contribution in [0.15, 0.2) is 40.9 Å². The van der Waals surface area contributed by atoms with Crippen LogP contribution in [-0.4, -0.2) is 10.9 Å². The van der Waals surface area contributed by atoms with E-state index in [0.29, 0.717) is 5.69 Å². The van der Waals surface area contributed by atoms with E-state index in [9.17, 15) is 4.79 Å². The van der Waals surface area contributed by atoms with Crippen LogP contribution < -0.4 is 5.32 Å².